The third kappa shape index (κ3) is 10.8. The van der Waals surface area contributed by atoms with Crippen LogP contribution in [-0.4, -0.2) is 88.5 Å². The van der Waals surface area contributed by atoms with Crippen molar-refractivity contribution in [2.24, 2.45) is 5.73 Å². The molecule has 0 radical (unpaired) electrons. The van der Waals surface area contributed by atoms with Gasteiger partial charge in [0.25, 0.3) is 0 Å². The first-order valence-electron chi connectivity index (χ1n) is 10.9. The van der Waals surface area contributed by atoms with E-state index in [1.165, 1.54) is 11.8 Å². The molecular formula is C20H33N5O8S. The van der Waals surface area contributed by atoms with Gasteiger partial charge in [0.05, 0.1) is 6.04 Å². The van der Waals surface area contributed by atoms with Crippen LogP contribution in [0.15, 0.2) is 0 Å². The molecule has 1 saturated heterocycles. The molecule has 4 atom stereocenters. The van der Waals surface area contributed by atoms with Crippen molar-refractivity contribution in [3.05, 3.63) is 0 Å². The lowest BCUT2D eigenvalue weighted by Crippen LogP contribution is -2.57. The summed E-state index contributed by atoms with van der Waals surface area (Å²) in [5.41, 5.74) is 5.17. The molecule has 0 aromatic carbocycles. The van der Waals surface area contributed by atoms with Crippen LogP contribution in [0.1, 0.15) is 44.9 Å². The number of aliphatic carboxylic acids is 2. The molecule has 1 aliphatic rings. The van der Waals surface area contributed by atoms with E-state index in [9.17, 15) is 33.9 Å². The monoisotopic (exact) mass is 503 g/mol. The summed E-state index contributed by atoms with van der Waals surface area (Å²) in [7, 11) is 0. The van der Waals surface area contributed by atoms with E-state index in [0.29, 0.717) is 18.7 Å². The number of primary amides is 1. The summed E-state index contributed by atoms with van der Waals surface area (Å²) >= 11 is 1.39. The Labute approximate surface area is 201 Å². The molecule has 1 rings (SSSR count). The van der Waals surface area contributed by atoms with E-state index in [1.54, 1.807) is 6.26 Å². The van der Waals surface area contributed by atoms with Gasteiger partial charge in [-0.1, -0.05) is 0 Å². The normalized spacial score (nSPS) is 17.7. The van der Waals surface area contributed by atoms with Crippen molar-refractivity contribution in [3.8, 4) is 0 Å². The highest BCUT2D eigenvalue weighted by Crippen LogP contribution is 2.08. The lowest BCUT2D eigenvalue weighted by atomic mass is 10.1. The van der Waals surface area contributed by atoms with Gasteiger partial charge < -0.3 is 37.2 Å². The second-order valence-corrected chi connectivity index (χ2v) is 8.88. The fraction of sp³-hybridized carbons (Fsp3) is 0.700. The number of nitrogens with one attached hydrogen (secondary N) is 4. The number of thioether (sulfide) groups is 1. The standard InChI is InChI=1S/C20H33N5O8S/c1-34-10-8-14(20(32)33)25-19(31)13(5-7-16(27)28)24-18(30)12(4-6-15(21)26)23-17(29)11-3-2-9-22-11/h11-14,22H,2-10H2,1H3,(H2,21,26)(H,23,29)(H,24,30)(H,25,31)(H,27,28)(H,32,33). The average Bonchev–Trinajstić information content (AvgIpc) is 3.31. The minimum Gasteiger partial charge on any atom is -0.481 e. The molecule has 0 aliphatic carbocycles. The van der Waals surface area contributed by atoms with Crippen molar-refractivity contribution in [3.63, 3.8) is 0 Å². The molecule has 4 unspecified atom stereocenters. The number of rotatable bonds is 16. The Morgan fingerprint density at radius 3 is 2.03 bits per heavy atom. The predicted octanol–water partition coefficient (Wildman–Crippen LogP) is -1.84. The van der Waals surface area contributed by atoms with E-state index >= 15 is 0 Å². The van der Waals surface area contributed by atoms with Gasteiger partial charge in [0.1, 0.15) is 18.1 Å². The zero-order valence-electron chi connectivity index (χ0n) is 19.0. The molecule has 0 spiro atoms. The van der Waals surface area contributed by atoms with Gasteiger partial charge in [0.15, 0.2) is 0 Å². The first-order valence-corrected chi connectivity index (χ1v) is 12.3. The van der Waals surface area contributed by atoms with Crippen LogP contribution in [0.2, 0.25) is 0 Å². The topological polar surface area (TPSA) is 217 Å². The van der Waals surface area contributed by atoms with Gasteiger partial charge >= 0.3 is 11.9 Å². The second-order valence-electron chi connectivity index (χ2n) is 7.89. The Hall–Kier alpha value is -2.87. The lowest BCUT2D eigenvalue weighted by molar-refractivity contribution is -0.143. The highest BCUT2D eigenvalue weighted by atomic mass is 32.2. The van der Waals surface area contributed by atoms with Crippen molar-refractivity contribution in [2.75, 3.05) is 18.6 Å². The summed E-state index contributed by atoms with van der Waals surface area (Å²) < 4.78 is 0. The molecule has 0 saturated carbocycles. The first-order chi connectivity index (χ1) is 16.0. The molecule has 14 heteroatoms. The van der Waals surface area contributed by atoms with E-state index in [-0.39, 0.29) is 25.7 Å². The second kappa shape index (κ2) is 15.1. The number of carboxylic acid groups (broad SMARTS) is 2. The number of hydrogen-bond donors (Lipinski definition) is 7. The summed E-state index contributed by atoms with van der Waals surface area (Å²) in [6, 6.07) is -4.28. The number of amides is 4. The number of nitrogens with two attached hydrogens (primary N) is 1. The predicted molar refractivity (Wildman–Crippen MR) is 123 cm³/mol. The highest BCUT2D eigenvalue weighted by molar-refractivity contribution is 7.98. The maximum Gasteiger partial charge on any atom is 0.326 e. The van der Waals surface area contributed by atoms with Crippen LogP contribution in [0.3, 0.4) is 0 Å². The zero-order chi connectivity index (χ0) is 25.7. The fourth-order valence-corrected chi connectivity index (χ4v) is 3.78. The van der Waals surface area contributed by atoms with Crippen LogP contribution in [0, 0.1) is 0 Å². The molecule has 1 aliphatic heterocycles. The minimum absolute atomic E-state index is 0.127. The minimum atomic E-state index is -1.36. The third-order valence-electron chi connectivity index (χ3n) is 5.19. The third-order valence-corrected chi connectivity index (χ3v) is 5.84. The van der Waals surface area contributed by atoms with Gasteiger partial charge in [0, 0.05) is 12.8 Å². The van der Waals surface area contributed by atoms with Gasteiger partial charge in [0.2, 0.25) is 23.6 Å². The van der Waals surface area contributed by atoms with Crippen molar-refractivity contribution < 1.29 is 39.0 Å². The average molecular weight is 504 g/mol. The molecule has 0 aromatic rings. The van der Waals surface area contributed by atoms with Gasteiger partial charge in [-0.15, -0.1) is 0 Å². The summed E-state index contributed by atoms with van der Waals surface area (Å²) in [5.74, 6) is -4.83. The Morgan fingerprint density at radius 1 is 0.941 bits per heavy atom. The molecule has 192 valence electrons. The van der Waals surface area contributed by atoms with Gasteiger partial charge in [-0.2, -0.15) is 11.8 Å². The van der Waals surface area contributed by atoms with Crippen LogP contribution in [0.4, 0.5) is 0 Å². The Bertz CT molecular complexity index is 759. The molecule has 0 aromatic heterocycles. The molecule has 1 fully saturated rings. The van der Waals surface area contributed by atoms with Crippen molar-refractivity contribution in [2.45, 2.75) is 69.1 Å². The number of carbonyl (C=O) groups is 6. The van der Waals surface area contributed by atoms with Crippen molar-refractivity contribution in [1.29, 1.82) is 0 Å². The van der Waals surface area contributed by atoms with Crippen molar-refractivity contribution in [1.82, 2.24) is 21.3 Å². The molecule has 34 heavy (non-hydrogen) atoms. The Morgan fingerprint density at radius 2 is 1.53 bits per heavy atom. The van der Waals surface area contributed by atoms with Crippen molar-refractivity contribution >= 4 is 47.3 Å². The first kappa shape index (κ1) is 29.2. The van der Waals surface area contributed by atoms with Crippen LogP contribution >= 0.6 is 11.8 Å². The highest BCUT2D eigenvalue weighted by Gasteiger charge is 2.31. The van der Waals surface area contributed by atoms with E-state index in [0.717, 1.165) is 6.42 Å². The van der Waals surface area contributed by atoms with Crippen LogP contribution in [-0.2, 0) is 28.8 Å². The van der Waals surface area contributed by atoms with Gasteiger partial charge in [-0.3, -0.25) is 24.0 Å². The molecule has 13 nitrogen and oxygen atoms in total. The van der Waals surface area contributed by atoms with Crippen LogP contribution < -0.4 is 27.0 Å². The summed E-state index contributed by atoms with van der Waals surface area (Å²) in [4.78, 5) is 71.8. The molecular weight excluding hydrogens is 470 g/mol. The van der Waals surface area contributed by atoms with E-state index in [4.69, 9.17) is 10.8 Å². The molecule has 8 N–H and O–H groups in total. The quantitative estimate of drug-likeness (QED) is 0.125. The Kier molecular flexibility index (Phi) is 13.0. The smallest absolute Gasteiger partial charge is 0.326 e. The van der Waals surface area contributed by atoms with E-state index < -0.39 is 66.2 Å². The fourth-order valence-electron chi connectivity index (χ4n) is 3.31. The molecule has 1 heterocycles. The van der Waals surface area contributed by atoms with E-state index in [2.05, 4.69) is 21.3 Å². The zero-order valence-corrected chi connectivity index (χ0v) is 19.8. The van der Waals surface area contributed by atoms with Crippen LogP contribution in [0.5, 0.6) is 0 Å². The SMILES string of the molecule is CSCCC(NC(=O)C(CCC(=O)O)NC(=O)C(CCC(N)=O)NC(=O)C1CCCN1)C(=O)O. The molecule has 0 bridgehead atoms. The largest absolute Gasteiger partial charge is 0.481 e. The number of carbonyl (C=O) groups excluding carboxylic acids is 4. The Balaban J connectivity index is 2.95. The number of carboxylic acids is 2. The maximum atomic E-state index is 12.9. The molecule has 4 amide bonds. The maximum absolute atomic E-state index is 12.9. The van der Waals surface area contributed by atoms with Gasteiger partial charge in [-0.25, -0.2) is 4.79 Å². The van der Waals surface area contributed by atoms with E-state index in [1.807, 2.05) is 0 Å². The summed E-state index contributed by atoms with van der Waals surface area (Å²) in [6.45, 7) is 0.648. The lowest BCUT2D eigenvalue weighted by Gasteiger charge is -2.25. The summed E-state index contributed by atoms with van der Waals surface area (Å²) in [6.07, 6.45) is 2.16. The number of hydrogen-bond acceptors (Lipinski definition) is 8. The van der Waals surface area contributed by atoms with Gasteiger partial charge in [-0.05, 0) is 50.7 Å². The van der Waals surface area contributed by atoms with Crippen LogP contribution in [0.25, 0.3) is 0 Å². The summed E-state index contributed by atoms with van der Waals surface area (Å²) in [5, 5.41) is 28.6.